The lowest BCUT2D eigenvalue weighted by Crippen LogP contribution is -2.29. The standard InChI is InChI=1S/C18H18N4S/c19-15-5-3-13(4-6-15)11-22-9-7-16-17(12-22)23-18(21-16)14-2-1-8-20-10-14/h1-6,8,10H,7,9,11-12,19H2. The van der Waals surface area contributed by atoms with Crippen molar-refractivity contribution in [3.05, 3.63) is 64.9 Å². The van der Waals surface area contributed by atoms with Crippen LogP contribution in [0.25, 0.3) is 10.6 Å². The molecule has 2 N–H and O–H groups in total. The molecule has 0 bridgehead atoms. The molecule has 1 aliphatic heterocycles. The molecule has 4 nitrogen and oxygen atoms in total. The topological polar surface area (TPSA) is 55.0 Å². The first-order valence-corrected chi connectivity index (χ1v) is 8.55. The molecule has 116 valence electrons. The average Bonchev–Trinajstić information content (AvgIpc) is 3.01. The first-order chi connectivity index (χ1) is 11.3. The second-order valence-corrected chi connectivity index (χ2v) is 6.92. The summed E-state index contributed by atoms with van der Waals surface area (Å²) in [5, 5.41) is 1.08. The summed E-state index contributed by atoms with van der Waals surface area (Å²) in [6, 6.07) is 12.2. The molecular formula is C18H18N4S. The van der Waals surface area contributed by atoms with Gasteiger partial charge in [0.15, 0.2) is 0 Å². The number of pyridine rings is 1. The Labute approximate surface area is 139 Å². The number of nitrogens with two attached hydrogens (primary N) is 1. The quantitative estimate of drug-likeness (QED) is 0.751. The molecule has 3 heterocycles. The highest BCUT2D eigenvalue weighted by molar-refractivity contribution is 7.15. The van der Waals surface area contributed by atoms with Crippen LogP contribution in [-0.4, -0.2) is 21.4 Å². The summed E-state index contributed by atoms with van der Waals surface area (Å²) in [5.74, 6) is 0. The summed E-state index contributed by atoms with van der Waals surface area (Å²) in [7, 11) is 0. The maximum atomic E-state index is 5.76. The van der Waals surface area contributed by atoms with E-state index < -0.39 is 0 Å². The van der Waals surface area contributed by atoms with Crippen LogP contribution in [0, 0.1) is 0 Å². The lowest BCUT2D eigenvalue weighted by atomic mass is 10.1. The number of nitrogen functional groups attached to an aromatic ring is 1. The number of fused-ring (bicyclic) bond motifs is 1. The van der Waals surface area contributed by atoms with Crippen molar-refractivity contribution in [3.63, 3.8) is 0 Å². The number of hydrogen-bond acceptors (Lipinski definition) is 5. The van der Waals surface area contributed by atoms with E-state index in [0.29, 0.717) is 0 Å². The molecule has 0 unspecified atom stereocenters. The number of benzene rings is 1. The van der Waals surface area contributed by atoms with Crippen LogP contribution in [0.15, 0.2) is 48.8 Å². The van der Waals surface area contributed by atoms with Gasteiger partial charge in [-0.05, 0) is 29.8 Å². The summed E-state index contributed by atoms with van der Waals surface area (Å²) in [6.45, 7) is 2.98. The Balaban J connectivity index is 1.51. The molecule has 23 heavy (non-hydrogen) atoms. The van der Waals surface area contributed by atoms with E-state index in [0.717, 1.165) is 42.3 Å². The highest BCUT2D eigenvalue weighted by Crippen LogP contribution is 2.31. The molecule has 3 aromatic rings. The maximum absolute atomic E-state index is 5.76. The molecule has 1 aliphatic rings. The Kier molecular flexibility index (Phi) is 3.81. The van der Waals surface area contributed by atoms with Gasteiger partial charge in [-0.3, -0.25) is 9.88 Å². The van der Waals surface area contributed by atoms with E-state index in [2.05, 4.69) is 28.1 Å². The lowest BCUT2D eigenvalue weighted by Gasteiger charge is -2.25. The zero-order valence-corrected chi connectivity index (χ0v) is 13.6. The van der Waals surface area contributed by atoms with Gasteiger partial charge in [0.05, 0.1) is 5.69 Å². The molecule has 1 aromatic carbocycles. The van der Waals surface area contributed by atoms with Gasteiger partial charge in [-0.15, -0.1) is 11.3 Å². The van der Waals surface area contributed by atoms with E-state index in [1.165, 1.54) is 16.1 Å². The summed E-state index contributed by atoms with van der Waals surface area (Å²) in [5.41, 5.74) is 10.2. The van der Waals surface area contributed by atoms with Gasteiger partial charge in [-0.1, -0.05) is 12.1 Å². The summed E-state index contributed by atoms with van der Waals surface area (Å²) in [6.07, 6.45) is 4.70. The number of thiazole rings is 1. The van der Waals surface area contributed by atoms with Crippen LogP contribution in [0.2, 0.25) is 0 Å². The van der Waals surface area contributed by atoms with Crippen molar-refractivity contribution in [1.82, 2.24) is 14.9 Å². The molecule has 0 spiro atoms. The number of anilines is 1. The molecule has 0 radical (unpaired) electrons. The first-order valence-electron chi connectivity index (χ1n) is 7.74. The van der Waals surface area contributed by atoms with Gasteiger partial charge in [0, 0.05) is 54.6 Å². The third-order valence-electron chi connectivity index (χ3n) is 4.10. The molecule has 0 atom stereocenters. The van der Waals surface area contributed by atoms with Crippen molar-refractivity contribution in [2.24, 2.45) is 0 Å². The lowest BCUT2D eigenvalue weighted by molar-refractivity contribution is 0.247. The van der Waals surface area contributed by atoms with Gasteiger partial charge in [0.25, 0.3) is 0 Å². The van der Waals surface area contributed by atoms with Crippen molar-refractivity contribution in [3.8, 4) is 10.6 Å². The van der Waals surface area contributed by atoms with Gasteiger partial charge in [-0.25, -0.2) is 4.98 Å². The summed E-state index contributed by atoms with van der Waals surface area (Å²) < 4.78 is 0. The fourth-order valence-corrected chi connectivity index (χ4v) is 4.02. The minimum absolute atomic E-state index is 0.818. The van der Waals surface area contributed by atoms with Crippen molar-refractivity contribution in [2.45, 2.75) is 19.5 Å². The molecule has 0 fully saturated rings. The largest absolute Gasteiger partial charge is 0.399 e. The Morgan fingerprint density at radius 3 is 2.83 bits per heavy atom. The highest BCUT2D eigenvalue weighted by atomic mass is 32.1. The van der Waals surface area contributed by atoms with Crippen LogP contribution in [0.5, 0.6) is 0 Å². The Morgan fingerprint density at radius 2 is 2.04 bits per heavy atom. The van der Waals surface area contributed by atoms with Gasteiger partial charge < -0.3 is 5.73 Å². The Bertz CT molecular complexity index is 796. The van der Waals surface area contributed by atoms with E-state index in [4.69, 9.17) is 10.7 Å². The monoisotopic (exact) mass is 322 g/mol. The highest BCUT2D eigenvalue weighted by Gasteiger charge is 2.21. The zero-order valence-electron chi connectivity index (χ0n) is 12.8. The Hall–Kier alpha value is -2.24. The molecule has 0 amide bonds. The van der Waals surface area contributed by atoms with Crippen LogP contribution in [0.3, 0.4) is 0 Å². The predicted octanol–water partition coefficient (Wildman–Crippen LogP) is 3.35. The number of aromatic nitrogens is 2. The van der Waals surface area contributed by atoms with Crippen LogP contribution in [-0.2, 0) is 19.5 Å². The van der Waals surface area contributed by atoms with Crippen molar-refractivity contribution >= 4 is 17.0 Å². The predicted molar refractivity (Wildman–Crippen MR) is 94.0 cm³/mol. The fourth-order valence-electron chi connectivity index (χ4n) is 2.88. The molecular weight excluding hydrogens is 304 g/mol. The zero-order chi connectivity index (χ0) is 15.6. The molecule has 2 aromatic heterocycles. The fraction of sp³-hybridized carbons (Fsp3) is 0.222. The second-order valence-electron chi connectivity index (χ2n) is 5.83. The van der Waals surface area contributed by atoms with Gasteiger partial charge in [-0.2, -0.15) is 0 Å². The Morgan fingerprint density at radius 1 is 1.17 bits per heavy atom. The van der Waals surface area contributed by atoms with E-state index >= 15 is 0 Å². The molecule has 0 saturated heterocycles. The normalized spacial score (nSPS) is 14.6. The van der Waals surface area contributed by atoms with Crippen LogP contribution in [0.4, 0.5) is 5.69 Å². The minimum Gasteiger partial charge on any atom is -0.399 e. The molecule has 0 aliphatic carbocycles. The van der Waals surface area contributed by atoms with E-state index in [1.807, 2.05) is 24.4 Å². The average molecular weight is 322 g/mol. The van der Waals surface area contributed by atoms with Crippen LogP contribution >= 0.6 is 11.3 Å². The minimum atomic E-state index is 0.818. The van der Waals surface area contributed by atoms with E-state index in [9.17, 15) is 0 Å². The molecule has 4 rings (SSSR count). The molecule has 0 saturated carbocycles. The number of rotatable bonds is 3. The molecule has 5 heteroatoms. The van der Waals surface area contributed by atoms with Crippen molar-refractivity contribution in [1.29, 1.82) is 0 Å². The van der Waals surface area contributed by atoms with E-state index in [-0.39, 0.29) is 0 Å². The van der Waals surface area contributed by atoms with Crippen LogP contribution < -0.4 is 5.73 Å². The van der Waals surface area contributed by atoms with Gasteiger partial charge in [0.1, 0.15) is 5.01 Å². The summed E-state index contributed by atoms with van der Waals surface area (Å²) in [4.78, 5) is 12.9. The smallest absolute Gasteiger partial charge is 0.125 e. The second kappa shape index (κ2) is 6.10. The third-order valence-corrected chi connectivity index (χ3v) is 5.24. The third kappa shape index (κ3) is 3.11. The van der Waals surface area contributed by atoms with Crippen molar-refractivity contribution in [2.75, 3.05) is 12.3 Å². The van der Waals surface area contributed by atoms with E-state index in [1.54, 1.807) is 17.5 Å². The van der Waals surface area contributed by atoms with Crippen LogP contribution in [0.1, 0.15) is 16.1 Å². The van der Waals surface area contributed by atoms with Gasteiger partial charge >= 0.3 is 0 Å². The van der Waals surface area contributed by atoms with Gasteiger partial charge in [0.2, 0.25) is 0 Å². The first kappa shape index (κ1) is 14.4. The number of hydrogen-bond donors (Lipinski definition) is 1. The summed E-state index contributed by atoms with van der Waals surface area (Å²) >= 11 is 1.79. The SMILES string of the molecule is Nc1ccc(CN2CCc3nc(-c4cccnc4)sc3C2)cc1. The van der Waals surface area contributed by atoms with Crippen molar-refractivity contribution < 1.29 is 0 Å². The maximum Gasteiger partial charge on any atom is 0.125 e. The number of nitrogens with zero attached hydrogens (tertiary/aromatic N) is 3.